The first kappa shape index (κ1) is 21.7. The van der Waals surface area contributed by atoms with Gasteiger partial charge in [0, 0.05) is 31.6 Å². The average Bonchev–Trinajstić information content (AvgIpc) is 2.57. The van der Waals surface area contributed by atoms with E-state index in [1.54, 1.807) is 17.8 Å². The van der Waals surface area contributed by atoms with Crippen LogP contribution in [0.25, 0.3) is 0 Å². The van der Waals surface area contributed by atoms with Crippen molar-refractivity contribution in [3.63, 3.8) is 0 Å². The molecule has 1 heterocycles. The second-order valence-corrected chi connectivity index (χ2v) is 7.66. The van der Waals surface area contributed by atoms with E-state index in [1.165, 1.54) is 0 Å². The van der Waals surface area contributed by atoms with Gasteiger partial charge in [-0.05, 0) is 37.5 Å². The normalized spacial score (nSPS) is 18.0. The molecule has 0 bridgehead atoms. The Morgan fingerprint density at radius 3 is 2.76 bits per heavy atom. The zero-order valence-corrected chi connectivity index (χ0v) is 16.1. The van der Waals surface area contributed by atoms with Crippen LogP contribution < -0.4 is 0 Å². The molecule has 1 fully saturated rings. The molecule has 0 saturated carbocycles. The molecule has 1 N–H and O–H groups in total. The third kappa shape index (κ3) is 9.68. The van der Waals surface area contributed by atoms with Gasteiger partial charge in [-0.1, -0.05) is 25.8 Å². The molecule has 0 aromatic carbocycles. The van der Waals surface area contributed by atoms with Crippen LogP contribution in [0.2, 0.25) is 0 Å². The van der Waals surface area contributed by atoms with Crippen LogP contribution in [0.15, 0.2) is 12.2 Å². The van der Waals surface area contributed by atoms with Gasteiger partial charge < -0.3 is 10.0 Å². The molecule has 0 radical (unpaired) electrons. The lowest BCUT2D eigenvalue weighted by Gasteiger charge is -2.34. The van der Waals surface area contributed by atoms with Crippen LogP contribution in [0, 0.1) is 0 Å². The summed E-state index contributed by atoms with van der Waals surface area (Å²) in [7, 11) is 0. The topological polar surface area (TPSA) is 74.7 Å². The van der Waals surface area contributed by atoms with Gasteiger partial charge in [0.25, 0.3) is 0 Å². The van der Waals surface area contributed by atoms with Crippen molar-refractivity contribution in [2.45, 2.75) is 70.8 Å². The number of carboxylic acids is 1. The number of allylic oxidation sites excluding steroid dienone is 1. The maximum atomic E-state index is 12.2. The van der Waals surface area contributed by atoms with Crippen molar-refractivity contribution < 1.29 is 19.5 Å². The predicted octanol–water partition coefficient (Wildman–Crippen LogP) is 3.67. The van der Waals surface area contributed by atoms with E-state index in [9.17, 15) is 14.4 Å². The number of rotatable bonds is 13. The van der Waals surface area contributed by atoms with Gasteiger partial charge in [0.05, 0.1) is 6.04 Å². The van der Waals surface area contributed by atoms with Crippen LogP contribution in [0.1, 0.15) is 64.7 Å². The Hall–Kier alpha value is -1.30. The number of piperidine rings is 1. The van der Waals surface area contributed by atoms with E-state index >= 15 is 0 Å². The lowest BCUT2D eigenvalue weighted by Crippen LogP contribution is -2.43. The van der Waals surface area contributed by atoms with Gasteiger partial charge >= 0.3 is 5.97 Å². The first-order valence-corrected chi connectivity index (χ1v) is 10.5. The lowest BCUT2D eigenvalue weighted by molar-refractivity contribution is -0.137. The van der Waals surface area contributed by atoms with Crippen molar-refractivity contribution in [2.75, 3.05) is 18.1 Å². The fraction of sp³-hybridized carbons (Fsp3) is 0.737. The molecule has 5 nitrogen and oxygen atoms in total. The van der Waals surface area contributed by atoms with Crippen molar-refractivity contribution in [3.8, 4) is 0 Å². The molecule has 1 rings (SSSR count). The van der Waals surface area contributed by atoms with E-state index in [4.69, 9.17) is 5.11 Å². The smallest absolute Gasteiger partial charge is 0.303 e. The molecule has 0 unspecified atom stereocenters. The summed E-state index contributed by atoms with van der Waals surface area (Å²) >= 11 is 1.68. The summed E-state index contributed by atoms with van der Waals surface area (Å²) < 4.78 is 0. The molecule has 0 aromatic rings. The van der Waals surface area contributed by atoms with Gasteiger partial charge in [-0.15, -0.1) is 0 Å². The molecule has 1 aliphatic heterocycles. The maximum absolute atomic E-state index is 12.2. The molecule has 1 atom stereocenters. The van der Waals surface area contributed by atoms with E-state index in [0.717, 1.165) is 43.6 Å². The Labute approximate surface area is 155 Å². The van der Waals surface area contributed by atoms with Crippen LogP contribution >= 0.6 is 11.8 Å². The van der Waals surface area contributed by atoms with Crippen molar-refractivity contribution >= 4 is 29.4 Å². The van der Waals surface area contributed by atoms with Gasteiger partial charge in [-0.2, -0.15) is 11.8 Å². The summed E-state index contributed by atoms with van der Waals surface area (Å²) in [5, 5.41) is 8.62. The third-order valence-corrected chi connectivity index (χ3v) is 5.35. The zero-order valence-electron chi connectivity index (χ0n) is 15.2. The summed E-state index contributed by atoms with van der Waals surface area (Å²) in [5.74, 6) is 1.14. The zero-order chi connectivity index (χ0) is 18.5. The van der Waals surface area contributed by atoms with Gasteiger partial charge in [-0.25, -0.2) is 0 Å². The lowest BCUT2D eigenvalue weighted by atomic mass is 10.0. The number of carboxylic acid groups (broad SMARTS) is 1. The number of carbonyl (C=O) groups excluding carboxylic acids is 2. The molecule has 1 saturated heterocycles. The number of ketones is 1. The summed E-state index contributed by atoms with van der Waals surface area (Å²) in [6.07, 6.45) is 10.5. The summed E-state index contributed by atoms with van der Waals surface area (Å²) in [5.41, 5.74) is 0. The molecule has 142 valence electrons. The minimum atomic E-state index is -0.763. The largest absolute Gasteiger partial charge is 0.481 e. The van der Waals surface area contributed by atoms with Crippen molar-refractivity contribution in [1.29, 1.82) is 0 Å². The minimum Gasteiger partial charge on any atom is -0.481 e. The van der Waals surface area contributed by atoms with E-state index in [2.05, 4.69) is 6.92 Å². The number of hydrogen-bond acceptors (Lipinski definition) is 4. The summed E-state index contributed by atoms with van der Waals surface area (Å²) in [4.78, 5) is 36.4. The maximum Gasteiger partial charge on any atom is 0.303 e. The van der Waals surface area contributed by atoms with Crippen molar-refractivity contribution in [2.24, 2.45) is 0 Å². The Morgan fingerprint density at radius 2 is 2.04 bits per heavy atom. The molecular weight excluding hydrogens is 338 g/mol. The Kier molecular flexibility index (Phi) is 11.3. The first-order valence-electron chi connectivity index (χ1n) is 9.34. The summed E-state index contributed by atoms with van der Waals surface area (Å²) in [6.45, 7) is 2.78. The second kappa shape index (κ2) is 13.0. The highest BCUT2D eigenvalue weighted by molar-refractivity contribution is 7.99. The van der Waals surface area contributed by atoms with Gasteiger partial charge in [0.1, 0.15) is 0 Å². The van der Waals surface area contributed by atoms with Crippen LogP contribution in [0.4, 0.5) is 0 Å². The Morgan fingerprint density at radius 1 is 1.24 bits per heavy atom. The molecule has 0 spiro atoms. The molecular formula is C19H31NO4S. The van der Waals surface area contributed by atoms with Crippen LogP contribution in [0.5, 0.6) is 0 Å². The van der Waals surface area contributed by atoms with Crippen LogP contribution in [-0.4, -0.2) is 51.8 Å². The molecule has 6 heteroatoms. The van der Waals surface area contributed by atoms with Crippen molar-refractivity contribution in [3.05, 3.63) is 12.2 Å². The van der Waals surface area contributed by atoms with Gasteiger partial charge in [0.2, 0.25) is 5.91 Å². The molecule has 1 amide bonds. The highest BCUT2D eigenvalue weighted by Gasteiger charge is 2.25. The number of nitrogens with zero attached hydrogens (tertiary/aromatic N) is 1. The SMILES string of the molecule is CCCCCC(=O)C=C[C@H]1CCCC(=O)N1CCSCCCC(=O)O. The third-order valence-electron chi connectivity index (χ3n) is 4.30. The quantitative estimate of drug-likeness (QED) is 0.396. The number of carbonyl (C=O) groups is 3. The predicted molar refractivity (Wildman–Crippen MR) is 102 cm³/mol. The minimum absolute atomic E-state index is 0.0241. The van der Waals surface area contributed by atoms with E-state index < -0.39 is 5.97 Å². The van der Waals surface area contributed by atoms with Gasteiger partial charge in [0.15, 0.2) is 5.78 Å². The fourth-order valence-corrected chi connectivity index (χ4v) is 3.76. The van der Waals surface area contributed by atoms with E-state index in [1.807, 2.05) is 11.0 Å². The molecule has 0 aromatic heterocycles. The van der Waals surface area contributed by atoms with E-state index in [-0.39, 0.29) is 24.2 Å². The molecule has 0 aliphatic carbocycles. The van der Waals surface area contributed by atoms with Crippen molar-refractivity contribution in [1.82, 2.24) is 4.90 Å². The monoisotopic (exact) mass is 369 g/mol. The highest BCUT2D eigenvalue weighted by Crippen LogP contribution is 2.20. The Bertz CT molecular complexity index is 464. The number of thioether (sulfide) groups is 1. The van der Waals surface area contributed by atoms with E-state index in [0.29, 0.717) is 25.8 Å². The number of likely N-dealkylation sites (tertiary alicyclic amines) is 1. The molecule has 25 heavy (non-hydrogen) atoms. The fourth-order valence-electron chi connectivity index (χ4n) is 2.88. The van der Waals surface area contributed by atoms with Crippen LogP contribution in [-0.2, 0) is 14.4 Å². The summed E-state index contributed by atoms with van der Waals surface area (Å²) in [6, 6.07) is 0.0241. The average molecular weight is 370 g/mol. The van der Waals surface area contributed by atoms with Crippen LogP contribution in [0.3, 0.4) is 0 Å². The highest BCUT2D eigenvalue weighted by atomic mass is 32.2. The first-order chi connectivity index (χ1) is 12.0. The number of hydrogen-bond donors (Lipinski definition) is 1. The Balaban J connectivity index is 2.38. The molecule has 1 aliphatic rings. The second-order valence-electron chi connectivity index (χ2n) is 6.44. The van der Waals surface area contributed by atoms with Gasteiger partial charge in [-0.3, -0.25) is 14.4 Å². The standard InChI is InChI=1S/C19H31NO4S/c1-2-3-4-8-17(21)12-11-16-7-5-9-18(22)20(16)13-15-25-14-6-10-19(23)24/h11-12,16H,2-10,13-15H2,1H3,(H,23,24)/t16-/m1/s1. The number of aliphatic carboxylic acids is 1. The number of amides is 1. The number of unbranched alkanes of at least 4 members (excludes halogenated alkanes) is 2.